The van der Waals surface area contributed by atoms with Gasteiger partial charge in [0.25, 0.3) is 0 Å². The molecule has 0 fully saturated rings. The Balaban J connectivity index is -0.0000000249. The molecule has 0 saturated carbocycles. The van der Waals surface area contributed by atoms with Crippen LogP contribution in [0.4, 0.5) is 0 Å². The minimum Gasteiger partial charge on any atom is -0.679 e. The largest absolute Gasteiger partial charge is 3.00 e. The zero-order valence-corrected chi connectivity index (χ0v) is 11.0. The SMILES string of the molecule is N=C=S.O=NO.O=N[O-].[Co+3].[NH-]CC[NH-].[NH-]CC[NH-]. The molecule has 0 radical (unpaired) electrons. The fraction of sp³-hybridized carbons (Fsp3) is 0.800. The topological polar surface area (TPSA) is 221 Å². The van der Waals surface area contributed by atoms with Crippen molar-refractivity contribution < 1.29 is 22.0 Å². The van der Waals surface area contributed by atoms with Gasteiger partial charge in [0.1, 0.15) is 0 Å². The van der Waals surface area contributed by atoms with E-state index in [1.54, 1.807) is 5.16 Å². The first-order valence-corrected chi connectivity index (χ1v) is 4.02. The first kappa shape index (κ1) is 36.0. The normalized spacial score (nSPS) is 5.11. The van der Waals surface area contributed by atoms with Crippen molar-refractivity contribution in [3.05, 3.63) is 38.0 Å². The number of rotatable bonds is 2. The summed E-state index contributed by atoms with van der Waals surface area (Å²) in [7, 11) is 0. The number of thiocarbonyl (C=S) groups is 1. The molecule has 0 aromatic carbocycles. The molecule has 110 valence electrons. The summed E-state index contributed by atoms with van der Waals surface area (Å²) >= 11 is 3.81. The maximum absolute atomic E-state index is 8.11. The third-order valence-electron chi connectivity index (χ3n) is 0.250. The van der Waals surface area contributed by atoms with Crippen molar-refractivity contribution in [2.24, 2.45) is 10.7 Å². The number of hydrogen-bond donors (Lipinski definition) is 2. The van der Waals surface area contributed by atoms with E-state index in [1.807, 2.05) is 0 Å². The summed E-state index contributed by atoms with van der Waals surface area (Å²) in [6, 6.07) is 0. The zero-order valence-electron chi connectivity index (χ0n) is 9.14. The van der Waals surface area contributed by atoms with Gasteiger partial charge >= 0.3 is 16.8 Å². The Labute approximate surface area is 120 Å². The summed E-state index contributed by atoms with van der Waals surface area (Å²) in [4.78, 5) is 16.1. The number of hydrogen-bond acceptors (Lipinski definition) is 7. The van der Waals surface area contributed by atoms with E-state index in [-0.39, 0.29) is 43.0 Å². The predicted octanol–water partition coefficient (Wildman–Crippen LogP) is 3.24. The average Bonchev–Trinajstić information content (AvgIpc) is 2.32. The predicted molar refractivity (Wildman–Crippen MR) is 68.8 cm³/mol. The first-order chi connectivity index (χ1) is 8.07. The van der Waals surface area contributed by atoms with Crippen molar-refractivity contribution in [3.8, 4) is 0 Å². The van der Waals surface area contributed by atoms with Crippen LogP contribution in [0.25, 0.3) is 22.9 Å². The molecule has 0 unspecified atom stereocenters. The van der Waals surface area contributed by atoms with E-state index < -0.39 is 0 Å². The van der Waals surface area contributed by atoms with Gasteiger partial charge in [0.2, 0.25) is 0 Å². The van der Waals surface area contributed by atoms with Gasteiger partial charge in [-0.2, -0.15) is 26.2 Å². The second-order valence-electron chi connectivity index (χ2n) is 1.26. The molecule has 0 bridgehead atoms. The van der Waals surface area contributed by atoms with Crippen LogP contribution in [0.2, 0.25) is 0 Å². The Hall–Kier alpha value is -1.05. The van der Waals surface area contributed by atoms with Gasteiger partial charge in [-0.1, -0.05) is 0 Å². The molecular weight excluding hydrogens is 313 g/mol. The molecule has 0 aliphatic carbocycles. The van der Waals surface area contributed by atoms with E-state index in [0.29, 0.717) is 0 Å². The van der Waals surface area contributed by atoms with Crippen LogP contribution >= 0.6 is 12.2 Å². The summed E-state index contributed by atoms with van der Waals surface area (Å²) in [5.41, 5.74) is 25.1. The molecule has 0 atom stereocenters. The fourth-order valence-electron chi connectivity index (χ4n) is 0. The second kappa shape index (κ2) is 101. The van der Waals surface area contributed by atoms with Crippen molar-refractivity contribution in [1.82, 2.24) is 0 Å². The molecule has 0 aliphatic rings. The van der Waals surface area contributed by atoms with E-state index >= 15 is 0 Å². The van der Waals surface area contributed by atoms with Crippen molar-refractivity contribution in [2.75, 3.05) is 26.2 Å². The van der Waals surface area contributed by atoms with Crippen LogP contribution in [0.5, 0.6) is 0 Å². The molecule has 11 nitrogen and oxygen atoms in total. The summed E-state index contributed by atoms with van der Waals surface area (Å²) < 4.78 is 0. The summed E-state index contributed by atoms with van der Waals surface area (Å²) in [6.07, 6.45) is 0. The minimum atomic E-state index is 0. The number of isothiocyanates is 1. The third kappa shape index (κ3) is 3250. The molecule has 18 heavy (non-hydrogen) atoms. The molecule has 6 N–H and O–H groups in total. The van der Waals surface area contributed by atoms with E-state index in [9.17, 15) is 0 Å². The summed E-state index contributed by atoms with van der Waals surface area (Å²) in [5.74, 6) is 0. The van der Waals surface area contributed by atoms with Crippen molar-refractivity contribution in [1.29, 1.82) is 5.41 Å². The fourth-order valence-corrected chi connectivity index (χ4v) is 0. The van der Waals surface area contributed by atoms with Crippen LogP contribution < -0.4 is 0 Å². The van der Waals surface area contributed by atoms with E-state index in [0.717, 1.165) is 5.34 Å². The minimum absolute atomic E-state index is 0. The standard InChI is InChI=1S/2C2H6N2.CHNS.Co.2HNO2/c2*3-1-2-4;2-1-3;;2*2-1-3/h2*3-4H,1-2H2;2H;;2*(H,2,3)/q2*-2;;+3;;/p-1. The molecule has 0 saturated heterocycles. The first-order valence-electron chi connectivity index (χ1n) is 3.62. The molecular formula is C5H14CoN7O4S-2. The molecule has 0 heterocycles. The van der Waals surface area contributed by atoms with E-state index in [1.165, 1.54) is 5.34 Å². The Morgan fingerprint density at radius 2 is 1.17 bits per heavy atom. The van der Waals surface area contributed by atoms with Gasteiger partial charge in [-0.15, -0.1) is 10.2 Å². The van der Waals surface area contributed by atoms with Gasteiger partial charge in [-0.25, -0.2) is 5.41 Å². The summed E-state index contributed by atoms with van der Waals surface area (Å²) in [6.45, 7) is 0.944. The number of nitrogens with zero attached hydrogens (tertiary/aromatic N) is 2. The van der Waals surface area contributed by atoms with Crippen LogP contribution in [0.1, 0.15) is 0 Å². The van der Waals surface area contributed by atoms with Gasteiger partial charge < -0.3 is 38.3 Å². The van der Waals surface area contributed by atoms with Gasteiger partial charge in [-0.3, -0.25) is 0 Å². The van der Waals surface area contributed by atoms with Crippen molar-refractivity contribution in [2.45, 2.75) is 0 Å². The number of nitrogens with one attached hydrogen (secondary N) is 5. The molecule has 13 heteroatoms. The van der Waals surface area contributed by atoms with Gasteiger partial charge in [-0.05, 0) is 12.2 Å². The Morgan fingerprint density at radius 1 is 1.11 bits per heavy atom. The van der Waals surface area contributed by atoms with E-state index in [2.05, 4.69) is 12.2 Å². The molecule has 0 aromatic rings. The van der Waals surface area contributed by atoms with Crippen LogP contribution in [-0.4, -0.2) is 36.5 Å². The Morgan fingerprint density at radius 3 is 1.17 bits per heavy atom. The molecule has 0 rings (SSSR count). The maximum atomic E-state index is 8.11. The quantitative estimate of drug-likeness (QED) is 0.336. The van der Waals surface area contributed by atoms with Crippen LogP contribution in [0, 0.1) is 20.4 Å². The van der Waals surface area contributed by atoms with Gasteiger partial charge in [0.15, 0.2) is 5.34 Å². The molecule has 0 aromatic heterocycles. The Bertz CT molecular complexity index is 136. The van der Waals surface area contributed by atoms with Crippen molar-refractivity contribution >= 4 is 17.4 Å². The smallest absolute Gasteiger partial charge is 0.679 e. The van der Waals surface area contributed by atoms with Crippen LogP contribution in [-0.2, 0) is 16.8 Å². The Kier molecular flexibility index (Phi) is 201. The molecule has 0 spiro atoms. The average molecular weight is 327 g/mol. The molecule has 0 amide bonds. The molecule has 0 aliphatic heterocycles. The van der Waals surface area contributed by atoms with Gasteiger partial charge in [0, 0.05) is 0 Å². The van der Waals surface area contributed by atoms with Gasteiger partial charge in [0.05, 0.1) is 5.16 Å². The zero-order chi connectivity index (χ0) is 14.9. The summed E-state index contributed by atoms with van der Waals surface area (Å²) in [5, 5.41) is 24.2. The monoisotopic (exact) mass is 327 g/mol. The van der Waals surface area contributed by atoms with Crippen LogP contribution in [0.3, 0.4) is 0 Å². The second-order valence-corrected chi connectivity index (χ2v) is 1.46. The van der Waals surface area contributed by atoms with Crippen molar-refractivity contribution in [3.63, 3.8) is 0 Å². The van der Waals surface area contributed by atoms with E-state index in [4.69, 9.17) is 48.6 Å². The van der Waals surface area contributed by atoms with Crippen LogP contribution in [0.15, 0.2) is 10.7 Å². The third-order valence-corrected chi connectivity index (χ3v) is 0.250. The maximum Gasteiger partial charge on any atom is 3.00 e.